The van der Waals surface area contributed by atoms with Crippen LogP contribution in [-0.2, 0) is 16.9 Å². The normalized spacial score (nSPS) is 21.0. The molecule has 120 valence electrons. The number of benzene rings is 1. The minimum atomic E-state index is -1.55. The Morgan fingerprint density at radius 2 is 2.00 bits per heavy atom. The fraction of sp³-hybridized carbons (Fsp3) is 0.200. The van der Waals surface area contributed by atoms with Crippen LogP contribution in [0.15, 0.2) is 34.1 Å². The van der Waals surface area contributed by atoms with Crippen molar-refractivity contribution in [1.29, 1.82) is 0 Å². The van der Waals surface area contributed by atoms with Crippen molar-refractivity contribution in [3.05, 3.63) is 56.2 Å². The number of rotatable bonds is 3. The van der Waals surface area contributed by atoms with E-state index < -0.39 is 29.1 Å². The molecule has 4 nitrogen and oxygen atoms in total. The molecule has 3 amide bonds. The predicted octanol–water partition coefficient (Wildman–Crippen LogP) is 3.76. The molecule has 0 aliphatic carbocycles. The molecule has 1 atom stereocenters. The van der Waals surface area contributed by atoms with E-state index in [1.54, 1.807) is 6.07 Å². The Kier molecular flexibility index (Phi) is 3.97. The van der Waals surface area contributed by atoms with E-state index in [1.807, 2.05) is 6.07 Å². The largest absolute Gasteiger partial charge is 0.325 e. The van der Waals surface area contributed by atoms with Crippen LogP contribution in [0.4, 0.5) is 13.6 Å². The van der Waals surface area contributed by atoms with Gasteiger partial charge in [0, 0.05) is 16.5 Å². The van der Waals surface area contributed by atoms with Gasteiger partial charge in [-0.3, -0.25) is 9.69 Å². The summed E-state index contributed by atoms with van der Waals surface area (Å²) in [6, 6.07) is 5.93. The SMILES string of the molecule is CC1(c2ccc(F)cc2F)NC(=O)N(Cc2ccc(Br)s2)C1=O. The van der Waals surface area contributed by atoms with Gasteiger partial charge in [-0.1, -0.05) is 6.07 Å². The molecule has 0 radical (unpaired) electrons. The average Bonchev–Trinajstić information content (AvgIpc) is 2.96. The molecule has 1 aliphatic rings. The number of halogens is 3. The van der Waals surface area contributed by atoms with Gasteiger partial charge < -0.3 is 5.32 Å². The van der Waals surface area contributed by atoms with Crippen molar-refractivity contribution in [2.45, 2.75) is 19.0 Å². The molecule has 1 aliphatic heterocycles. The molecular weight excluding hydrogens is 390 g/mol. The maximum absolute atomic E-state index is 14.0. The number of amides is 3. The molecule has 1 saturated heterocycles. The number of hydrogen-bond donors (Lipinski definition) is 1. The summed E-state index contributed by atoms with van der Waals surface area (Å²) in [5.41, 5.74) is -1.62. The molecule has 0 spiro atoms. The smallest absolute Gasteiger partial charge is 0.319 e. The number of imide groups is 1. The second kappa shape index (κ2) is 5.68. The third kappa shape index (κ3) is 2.76. The summed E-state index contributed by atoms with van der Waals surface area (Å²) >= 11 is 4.72. The van der Waals surface area contributed by atoms with E-state index in [-0.39, 0.29) is 12.1 Å². The predicted molar refractivity (Wildman–Crippen MR) is 84.8 cm³/mol. The average molecular weight is 401 g/mol. The van der Waals surface area contributed by atoms with Gasteiger partial charge in [0.15, 0.2) is 0 Å². The molecule has 23 heavy (non-hydrogen) atoms. The zero-order chi connectivity index (χ0) is 16.8. The van der Waals surface area contributed by atoms with Crippen molar-refractivity contribution >= 4 is 39.2 Å². The van der Waals surface area contributed by atoms with Crippen LogP contribution in [-0.4, -0.2) is 16.8 Å². The Labute approximate surface area is 143 Å². The highest BCUT2D eigenvalue weighted by molar-refractivity contribution is 9.11. The molecule has 0 saturated carbocycles. The summed E-state index contributed by atoms with van der Waals surface area (Å²) in [5, 5.41) is 2.50. The molecular formula is C15H11BrF2N2O2S. The van der Waals surface area contributed by atoms with Crippen molar-refractivity contribution < 1.29 is 18.4 Å². The van der Waals surface area contributed by atoms with E-state index in [2.05, 4.69) is 21.2 Å². The van der Waals surface area contributed by atoms with Crippen LogP contribution in [0.2, 0.25) is 0 Å². The molecule has 1 N–H and O–H groups in total. The van der Waals surface area contributed by atoms with Crippen LogP contribution in [0.5, 0.6) is 0 Å². The highest BCUT2D eigenvalue weighted by Crippen LogP contribution is 2.33. The number of thiophene rings is 1. The minimum Gasteiger partial charge on any atom is -0.319 e. The van der Waals surface area contributed by atoms with Gasteiger partial charge in [-0.15, -0.1) is 11.3 Å². The fourth-order valence-corrected chi connectivity index (χ4v) is 3.98. The van der Waals surface area contributed by atoms with Crippen molar-refractivity contribution in [3.63, 3.8) is 0 Å². The molecule has 0 bridgehead atoms. The first-order valence-electron chi connectivity index (χ1n) is 6.65. The van der Waals surface area contributed by atoms with Crippen molar-refractivity contribution in [2.24, 2.45) is 0 Å². The quantitative estimate of drug-likeness (QED) is 0.797. The van der Waals surface area contributed by atoms with Gasteiger partial charge in [0.05, 0.1) is 10.3 Å². The lowest BCUT2D eigenvalue weighted by Crippen LogP contribution is -2.41. The molecule has 1 fully saturated rings. The van der Waals surface area contributed by atoms with E-state index in [0.29, 0.717) is 6.07 Å². The number of urea groups is 1. The third-order valence-electron chi connectivity index (χ3n) is 3.69. The minimum absolute atomic E-state index is 0.0629. The Morgan fingerprint density at radius 3 is 2.61 bits per heavy atom. The van der Waals surface area contributed by atoms with Crippen molar-refractivity contribution in [1.82, 2.24) is 10.2 Å². The van der Waals surface area contributed by atoms with Crippen molar-refractivity contribution in [3.8, 4) is 0 Å². The lowest BCUT2D eigenvalue weighted by molar-refractivity contribution is -0.131. The molecule has 8 heteroatoms. The number of carbonyl (C=O) groups is 2. The Hall–Kier alpha value is -1.80. The van der Waals surface area contributed by atoms with E-state index >= 15 is 0 Å². The van der Waals surface area contributed by atoms with Crippen LogP contribution in [0, 0.1) is 11.6 Å². The summed E-state index contributed by atoms with van der Waals surface area (Å²) in [6.07, 6.45) is 0. The number of carbonyl (C=O) groups excluding carboxylic acids is 2. The van der Waals surface area contributed by atoms with Crippen LogP contribution >= 0.6 is 27.3 Å². The van der Waals surface area contributed by atoms with Gasteiger partial charge in [-0.25, -0.2) is 13.6 Å². The zero-order valence-corrected chi connectivity index (χ0v) is 14.3. The zero-order valence-electron chi connectivity index (χ0n) is 11.9. The van der Waals surface area contributed by atoms with E-state index in [1.165, 1.54) is 24.3 Å². The highest BCUT2D eigenvalue weighted by Gasteiger charge is 2.50. The van der Waals surface area contributed by atoms with Crippen LogP contribution in [0.25, 0.3) is 0 Å². The van der Waals surface area contributed by atoms with Gasteiger partial charge in [0.1, 0.15) is 17.2 Å². The molecule has 2 aromatic rings. The van der Waals surface area contributed by atoms with Crippen LogP contribution in [0.3, 0.4) is 0 Å². The summed E-state index contributed by atoms with van der Waals surface area (Å²) < 4.78 is 28.0. The van der Waals surface area contributed by atoms with Crippen LogP contribution in [0.1, 0.15) is 17.4 Å². The van der Waals surface area contributed by atoms with E-state index in [9.17, 15) is 18.4 Å². The Morgan fingerprint density at radius 1 is 1.26 bits per heavy atom. The molecule has 1 aromatic heterocycles. The second-order valence-corrected chi connectivity index (χ2v) is 7.82. The number of nitrogens with zero attached hydrogens (tertiary/aromatic N) is 1. The highest BCUT2D eigenvalue weighted by atomic mass is 79.9. The maximum Gasteiger partial charge on any atom is 0.325 e. The molecule has 1 unspecified atom stereocenters. The van der Waals surface area contributed by atoms with Crippen LogP contribution < -0.4 is 5.32 Å². The first kappa shape index (κ1) is 16.1. The van der Waals surface area contributed by atoms with E-state index in [4.69, 9.17) is 0 Å². The van der Waals surface area contributed by atoms with Gasteiger partial charge in [0.25, 0.3) is 5.91 Å². The standard InChI is InChI=1S/C15H11BrF2N2O2S/c1-15(10-4-2-8(17)6-11(10)18)13(21)20(14(22)19-15)7-9-3-5-12(16)23-9/h2-6H,7H2,1H3,(H,19,22). The van der Waals surface area contributed by atoms with E-state index in [0.717, 1.165) is 19.6 Å². The Balaban J connectivity index is 1.93. The van der Waals surface area contributed by atoms with Gasteiger partial charge >= 0.3 is 6.03 Å². The number of nitrogens with one attached hydrogen (secondary N) is 1. The first-order chi connectivity index (χ1) is 10.8. The summed E-state index contributed by atoms with van der Waals surface area (Å²) in [5.74, 6) is -2.19. The Bertz CT molecular complexity index is 811. The summed E-state index contributed by atoms with van der Waals surface area (Å²) in [4.78, 5) is 26.7. The topological polar surface area (TPSA) is 49.4 Å². The lowest BCUT2D eigenvalue weighted by Gasteiger charge is -2.22. The summed E-state index contributed by atoms with van der Waals surface area (Å²) in [6.45, 7) is 1.51. The van der Waals surface area contributed by atoms with Gasteiger partial charge in [0.2, 0.25) is 0 Å². The first-order valence-corrected chi connectivity index (χ1v) is 8.26. The van der Waals surface area contributed by atoms with Crippen molar-refractivity contribution in [2.75, 3.05) is 0 Å². The number of hydrogen-bond acceptors (Lipinski definition) is 3. The molecule has 1 aromatic carbocycles. The fourth-order valence-electron chi connectivity index (χ4n) is 2.51. The third-order valence-corrected chi connectivity index (χ3v) is 5.30. The molecule has 3 rings (SSSR count). The second-order valence-electron chi connectivity index (χ2n) is 5.28. The lowest BCUT2D eigenvalue weighted by atomic mass is 9.91. The maximum atomic E-state index is 14.0. The molecule has 2 heterocycles. The van der Waals surface area contributed by atoms with Gasteiger partial charge in [-0.05, 0) is 41.1 Å². The monoisotopic (exact) mass is 400 g/mol. The van der Waals surface area contributed by atoms with Gasteiger partial charge in [-0.2, -0.15) is 0 Å². The summed E-state index contributed by atoms with van der Waals surface area (Å²) in [7, 11) is 0.